The van der Waals surface area contributed by atoms with Gasteiger partial charge in [-0.1, -0.05) is 74.9 Å². The van der Waals surface area contributed by atoms with E-state index in [1.54, 1.807) is 0 Å². The van der Waals surface area contributed by atoms with Crippen molar-refractivity contribution in [3.05, 3.63) is 89.5 Å². The molecular formula is C33H44O2P+. The van der Waals surface area contributed by atoms with Crippen molar-refractivity contribution in [1.82, 2.24) is 0 Å². The van der Waals surface area contributed by atoms with Crippen LogP contribution in [0.1, 0.15) is 80.9 Å². The maximum atomic E-state index is 10.6. The molecule has 0 fully saturated rings. The first-order valence-electron chi connectivity index (χ1n) is 13.7. The average molecular weight is 504 g/mol. The Hall–Kier alpha value is -2.44. The minimum Gasteiger partial charge on any atom is -0.481 e. The Morgan fingerprint density at radius 3 is 1.31 bits per heavy atom. The quantitative estimate of drug-likeness (QED) is 0.169. The molecule has 3 heteroatoms. The van der Waals surface area contributed by atoms with E-state index in [2.05, 4.69) is 93.6 Å². The van der Waals surface area contributed by atoms with Crippen LogP contribution in [0.5, 0.6) is 0 Å². The summed E-state index contributed by atoms with van der Waals surface area (Å²) in [6.45, 7) is 6.64. The van der Waals surface area contributed by atoms with Crippen molar-refractivity contribution in [3.63, 3.8) is 0 Å². The number of benzene rings is 3. The largest absolute Gasteiger partial charge is 0.481 e. The molecule has 192 valence electrons. The molecule has 36 heavy (non-hydrogen) atoms. The van der Waals surface area contributed by atoms with Crippen LogP contribution in [0.15, 0.2) is 72.8 Å². The van der Waals surface area contributed by atoms with E-state index in [0.29, 0.717) is 6.42 Å². The van der Waals surface area contributed by atoms with E-state index in [1.165, 1.54) is 77.3 Å². The second-order valence-corrected chi connectivity index (χ2v) is 14.0. The van der Waals surface area contributed by atoms with E-state index in [1.807, 2.05) is 0 Å². The van der Waals surface area contributed by atoms with Gasteiger partial charge in [0.25, 0.3) is 0 Å². The van der Waals surface area contributed by atoms with Crippen LogP contribution in [0, 0.1) is 20.8 Å². The van der Waals surface area contributed by atoms with Gasteiger partial charge in [0.05, 0.1) is 6.16 Å². The van der Waals surface area contributed by atoms with Crippen LogP contribution in [-0.2, 0) is 4.79 Å². The van der Waals surface area contributed by atoms with E-state index < -0.39 is 13.2 Å². The fourth-order valence-corrected chi connectivity index (χ4v) is 9.95. The molecule has 0 aromatic heterocycles. The molecule has 0 aliphatic heterocycles. The van der Waals surface area contributed by atoms with E-state index in [-0.39, 0.29) is 0 Å². The van der Waals surface area contributed by atoms with Crippen LogP contribution in [0.2, 0.25) is 0 Å². The molecule has 0 aliphatic carbocycles. The van der Waals surface area contributed by atoms with Gasteiger partial charge in [-0.15, -0.1) is 0 Å². The number of rotatable bonds is 15. The Bertz CT molecular complexity index is 993. The molecule has 0 amide bonds. The number of hydrogen-bond donors (Lipinski definition) is 1. The van der Waals surface area contributed by atoms with Gasteiger partial charge >= 0.3 is 5.97 Å². The molecule has 0 heterocycles. The minimum absolute atomic E-state index is 0.313. The summed E-state index contributed by atoms with van der Waals surface area (Å²) in [5, 5.41) is 13.3. The molecule has 0 radical (unpaired) electrons. The SMILES string of the molecule is Cc1cccc([P+](CCCCCCCCCCCC(=O)O)(c2cccc(C)c2)c2cccc(C)c2)c1. The van der Waals surface area contributed by atoms with Gasteiger partial charge in [-0.25, -0.2) is 0 Å². The molecule has 0 aliphatic rings. The Kier molecular flexibility index (Phi) is 11.2. The van der Waals surface area contributed by atoms with Crippen molar-refractivity contribution >= 4 is 29.1 Å². The second-order valence-electron chi connectivity index (χ2n) is 10.4. The first-order chi connectivity index (χ1) is 17.4. The molecule has 0 bridgehead atoms. The molecule has 0 saturated heterocycles. The summed E-state index contributed by atoms with van der Waals surface area (Å²) in [5.41, 5.74) is 4.00. The van der Waals surface area contributed by atoms with Gasteiger partial charge in [0.1, 0.15) is 23.2 Å². The maximum absolute atomic E-state index is 10.6. The van der Waals surface area contributed by atoms with Crippen LogP contribution >= 0.6 is 7.26 Å². The van der Waals surface area contributed by atoms with Crippen LogP contribution in [0.3, 0.4) is 0 Å². The van der Waals surface area contributed by atoms with Crippen molar-refractivity contribution in [2.75, 3.05) is 6.16 Å². The Morgan fingerprint density at radius 1 is 0.583 bits per heavy atom. The monoisotopic (exact) mass is 503 g/mol. The summed E-state index contributed by atoms with van der Waals surface area (Å²) < 4.78 is 0. The zero-order valence-electron chi connectivity index (χ0n) is 22.5. The highest BCUT2D eigenvalue weighted by molar-refractivity contribution is 7.95. The first kappa shape index (κ1) is 28.1. The lowest BCUT2D eigenvalue weighted by atomic mass is 10.1. The van der Waals surface area contributed by atoms with Gasteiger partial charge in [0, 0.05) is 6.42 Å². The van der Waals surface area contributed by atoms with E-state index in [4.69, 9.17) is 5.11 Å². The standard InChI is InChI=1S/C33H43O2P/c1-27-16-13-19-30(24-27)36(31-20-14-17-28(2)25-31,32-21-15-18-29(3)26-32)23-12-10-8-6-4-5-7-9-11-22-33(34)35/h13-21,24-26H,4-12,22-23H2,1-3H3/p+1. The lowest BCUT2D eigenvalue weighted by Gasteiger charge is -2.28. The number of hydrogen-bond acceptors (Lipinski definition) is 1. The molecule has 0 unspecified atom stereocenters. The molecule has 0 spiro atoms. The summed E-state index contributed by atoms with van der Waals surface area (Å²) in [6.07, 6.45) is 12.1. The number of aryl methyl sites for hydroxylation is 3. The zero-order chi connectivity index (χ0) is 25.8. The average Bonchev–Trinajstić information content (AvgIpc) is 2.85. The van der Waals surface area contributed by atoms with Crippen molar-refractivity contribution in [3.8, 4) is 0 Å². The van der Waals surface area contributed by atoms with Crippen molar-refractivity contribution in [2.24, 2.45) is 0 Å². The van der Waals surface area contributed by atoms with E-state index in [0.717, 1.165) is 19.3 Å². The van der Waals surface area contributed by atoms with Crippen molar-refractivity contribution in [1.29, 1.82) is 0 Å². The van der Waals surface area contributed by atoms with Gasteiger partial charge in [-0.3, -0.25) is 4.79 Å². The highest BCUT2D eigenvalue weighted by Crippen LogP contribution is 2.56. The minimum atomic E-state index is -1.76. The Balaban J connectivity index is 1.73. The predicted molar refractivity (Wildman–Crippen MR) is 158 cm³/mol. The Morgan fingerprint density at radius 2 is 0.944 bits per heavy atom. The molecule has 0 atom stereocenters. The van der Waals surface area contributed by atoms with Gasteiger partial charge in [0.15, 0.2) is 0 Å². The number of carbonyl (C=O) groups is 1. The highest BCUT2D eigenvalue weighted by Gasteiger charge is 2.45. The Labute approximate surface area is 219 Å². The lowest BCUT2D eigenvalue weighted by molar-refractivity contribution is -0.137. The topological polar surface area (TPSA) is 37.3 Å². The zero-order valence-corrected chi connectivity index (χ0v) is 23.4. The second kappa shape index (κ2) is 14.3. The molecule has 0 saturated carbocycles. The molecule has 1 N–H and O–H groups in total. The van der Waals surface area contributed by atoms with Crippen LogP contribution < -0.4 is 15.9 Å². The van der Waals surface area contributed by atoms with Crippen LogP contribution in [0.25, 0.3) is 0 Å². The van der Waals surface area contributed by atoms with Gasteiger partial charge in [-0.2, -0.15) is 0 Å². The predicted octanol–water partition coefficient (Wildman–Crippen LogP) is 7.89. The summed E-state index contributed by atoms with van der Waals surface area (Å²) >= 11 is 0. The summed E-state index contributed by atoms with van der Waals surface area (Å²) in [5.74, 6) is -0.670. The lowest BCUT2D eigenvalue weighted by Crippen LogP contribution is -2.34. The molecule has 3 aromatic rings. The fraction of sp³-hybridized carbons (Fsp3) is 0.424. The number of aliphatic carboxylic acids is 1. The van der Waals surface area contributed by atoms with Crippen molar-refractivity contribution in [2.45, 2.75) is 85.0 Å². The van der Waals surface area contributed by atoms with Gasteiger partial charge < -0.3 is 5.11 Å². The number of carboxylic acids is 1. The maximum Gasteiger partial charge on any atom is 0.303 e. The summed E-state index contributed by atoms with van der Waals surface area (Å²) in [6, 6.07) is 27.8. The van der Waals surface area contributed by atoms with E-state index >= 15 is 0 Å². The van der Waals surface area contributed by atoms with Crippen LogP contribution in [0.4, 0.5) is 0 Å². The first-order valence-corrected chi connectivity index (χ1v) is 15.7. The third-order valence-electron chi connectivity index (χ3n) is 7.21. The summed E-state index contributed by atoms with van der Waals surface area (Å²) in [7, 11) is -1.76. The molecule has 3 aromatic carbocycles. The third kappa shape index (κ3) is 8.04. The molecule has 3 rings (SSSR count). The van der Waals surface area contributed by atoms with Crippen molar-refractivity contribution < 1.29 is 9.90 Å². The smallest absolute Gasteiger partial charge is 0.303 e. The van der Waals surface area contributed by atoms with E-state index in [9.17, 15) is 4.79 Å². The van der Waals surface area contributed by atoms with Gasteiger partial charge in [0.2, 0.25) is 0 Å². The molecule has 2 nitrogen and oxygen atoms in total. The highest BCUT2D eigenvalue weighted by atomic mass is 31.2. The van der Waals surface area contributed by atoms with Gasteiger partial charge in [-0.05, 0) is 93.1 Å². The summed E-state index contributed by atoms with van der Waals surface area (Å²) in [4.78, 5) is 10.6. The van der Waals surface area contributed by atoms with Crippen LogP contribution in [-0.4, -0.2) is 17.2 Å². The fourth-order valence-electron chi connectivity index (χ4n) is 5.29. The number of unbranched alkanes of at least 4 members (excludes halogenated alkanes) is 8. The number of carboxylic acid groups (broad SMARTS) is 1. The normalized spacial score (nSPS) is 11.5. The molecular weight excluding hydrogens is 459 g/mol. The third-order valence-corrected chi connectivity index (χ3v) is 11.7.